The molecule has 5 heteroatoms. The van der Waals surface area contributed by atoms with E-state index in [2.05, 4.69) is 23.4 Å². The minimum Gasteiger partial charge on any atom is -0.494 e. The van der Waals surface area contributed by atoms with Crippen molar-refractivity contribution < 1.29 is 19.1 Å². The number of unbranched alkanes of at least 4 members (excludes halogenated alkanes) is 1. The summed E-state index contributed by atoms with van der Waals surface area (Å²) in [5.74, 6) is 1.29. The smallest absolute Gasteiger partial charge is 0.158 e. The van der Waals surface area contributed by atoms with Gasteiger partial charge in [0, 0.05) is 25.3 Å². The van der Waals surface area contributed by atoms with Crippen molar-refractivity contribution in [1.82, 2.24) is 0 Å². The second-order valence-corrected chi connectivity index (χ2v) is 5.67. The Kier molecular flexibility index (Phi) is 10.9. The molecule has 0 bridgehead atoms. The van der Waals surface area contributed by atoms with Gasteiger partial charge in [0.1, 0.15) is 12.0 Å². The number of hydrogen-bond acceptors (Lipinski definition) is 5. The van der Waals surface area contributed by atoms with Gasteiger partial charge >= 0.3 is 0 Å². The predicted octanol–water partition coefficient (Wildman–Crippen LogP) is 4.96. The van der Waals surface area contributed by atoms with E-state index in [0.29, 0.717) is 11.3 Å². The van der Waals surface area contributed by atoms with E-state index in [9.17, 15) is 4.79 Å². The lowest BCUT2D eigenvalue weighted by Gasteiger charge is -2.07. The van der Waals surface area contributed by atoms with Crippen molar-refractivity contribution in [2.24, 2.45) is 5.16 Å². The Morgan fingerprint density at radius 3 is 2.19 bits per heavy atom. The van der Waals surface area contributed by atoms with Crippen LogP contribution in [0, 0.1) is 0 Å². The van der Waals surface area contributed by atoms with Gasteiger partial charge in [0.25, 0.3) is 0 Å². The van der Waals surface area contributed by atoms with Crippen molar-refractivity contribution in [1.29, 1.82) is 0 Å². The number of carbonyl (C=O) groups excluding carboxylic acids is 1. The summed E-state index contributed by atoms with van der Waals surface area (Å²) in [7, 11) is 3.25. The number of methoxy groups -OCH3 is 1. The summed E-state index contributed by atoms with van der Waals surface area (Å²) in [6, 6.07) is 14.6. The van der Waals surface area contributed by atoms with Crippen molar-refractivity contribution in [3.8, 4) is 5.75 Å². The average Bonchev–Trinajstić information content (AvgIpc) is 2.70. The van der Waals surface area contributed by atoms with Crippen LogP contribution in [0.15, 0.2) is 60.3 Å². The first-order chi connectivity index (χ1) is 13.1. The number of hydrogen-bond donors (Lipinski definition) is 0. The Morgan fingerprint density at radius 1 is 1.04 bits per heavy atom. The van der Waals surface area contributed by atoms with Crippen LogP contribution >= 0.6 is 0 Å². The van der Waals surface area contributed by atoms with Crippen molar-refractivity contribution in [3.05, 3.63) is 71.8 Å². The first-order valence-corrected chi connectivity index (χ1v) is 8.72. The van der Waals surface area contributed by atoms with E-state index < -0.39 is 0 Å². The molecule has 2 aromatic carbocycles. The van der Waals surface area contributed by atoms with Crippen LogP contribution in [0.4, 0.5) is 0 Å². The maximum absolute atomic E-state index is 10.6. The highest BCUT2D eigenvalue weighted by Gasteiger charge is 2.01. The van der Waals surface area contributed by atoms with Gasteiger partial charge in [-0.25, -0.2) is 0 Å². The molecule has 0 aliphatic rings. The van der Waals surface area contributed by atoms with E-state index in [1.54, 1.807) is 44.7 Å². The van der Waals surface area contributed by atoms with Crippen LogP contribution in [0.5, 0.6) is 5.75 Å². The molecule has 144 valence electrons. The van der Waals surface area contributed by atoms with E-state index >= 15 is 0 Å². The predicted molar refractivity (Wildman–Crippen MR) is 109 cm³/mol. The summed E-state index contributed by atoms with van der Waals surface area (Å²) >= 11 is 0. The van der Waals surface area contributed by atoms with Crippen molar-refractivity contribution in [3.63, 3.8) is 0 Å². The van der Waals surface area contributed by atoms with E-state index in [0.717, 1.165) is 42.6 Å². The molecule has 0 saturated heterocycles. The van der Waals surface area contributed by atoms with Gasteiger partial charge in [-0.2, -0.15) is 0 Å². The molecule has 0 atom stereocenters. The molecule has 0 fully saturated rings. The third kappa shape index (κ3) is 8.83. The molecule has 0 radical (unpaired) electrons. The number of nitrogens with zero attached hydrogens (tertiary/aromatic N) is 1. The van der Waals surface area contributed by atoms with Crippen LogP contribution in [0.3, 0.4) is 0 Å². The minimum atomic E-state index is 0.455. The first-order valence-electron chi connectivity index (χ1n) is 8.72. The number of rotatable bonds is 9. The minimum absolute atomic E-state index is 0.455. The molecular weight excluding hydrogens is 342 g/mol. The van der Waals surface area contributed by atoms with Gasteiger partial charge in [0.05, 0.1) is 12.8 Å². The fraction of sp³-hybridized carbons (Fsp3) is 0.273. The summed E-state index contributed by atoms with van der Waals surface area (Å²) in [5.41, 5.74) is 2.30. The molecule has 0 amide bonds. The molecule has 27 heavy (non-hydrogen) atoms. The van der Waals surface area contributed by atoms with Crippen LogP contribution < -0.4 is 4.74 Å². The number of carbonyl (C=O) groups is 1. The topological polar surface area (TPSA) is 57.1 Å². The maximum atomic E-state index is 10.6. The molecule has 2 rings (SSSR count). The van der Waals surface area contributed by atoms with Crippen molar-refractivity contribution in [2.45, 2.75) is 19.8 Å². The lowest BCUT2D eigenvalue weighted by Crippen LogP contribution is -1.96. The Bertz CT molecular complexity index is 706. The largest absolute Gasteiger partial charge is 0.494 e. The van der Waals surface area contributed by atoms with Crippen molar-refractivity contribution in [2.75, 3.05) is 20.8 Å². The van der Waals surface area contributed by atoms with Gasteiger partial charge in [-0.15, -0.1) is 0 Å². The van der Waals surface area contributed by atoms with E-state index in [-0.39, 0.29) is 0 Å². The third-order valence-corrected chi connectivity index (χ3v) is 3.38. The zero-order chi connectivity index (χ0) is 19.9. The summed E-state index contributed by atoms with van der Waals surface area (Å²) < 4.78 is 9.86. The van der Waals surface area contributed by atoms with E-state index in [1.807, 2.05) is 24.3 Å². The van der Waals surface area contributed by atoms with E-state index in [4.69, 9.17) is 9.57 Å². The Balaban J connectivity index is 0.00000114. The Hall–Kier alpha value is -2.92. The lowest BCUT2D eigenvalue weighted by molar-refractivity contribution is 0.112. The molecule has 0 heterocycles. The molecule has 0 saturated carbocycles. The molecule has 0 spiro atoms. The molecular formula is C22H27NO4. The van der Waals surface area contributed by atoms with Crippen LogP contribution in [0.1, 0.15) is 41.3 Å². The van der Waals surface area contributed by atoms with E-state index in [1.165, 1.54) is 0 Å². The second kappa shape index (κ2) is 13.3. The normalized spacial score (nSPS) is 10.0. The number of ether oxygens (including phenoxy) is 2. The summed E-state index contributed by atoms with van der Waals surface area (Å²) in [4.78, 5) is 15.9. The standard InChI is InChI=1S/C20H21NO3.C2H6O/c1-3-4-13-23-20-11-9-19(10-12-20)16(2)24-21-14-17-5-7-18(15-22)8-6-17;1-3-2/h5-12,14-15H,2-4,13H2,1H3;1-2H3/b21-14+;. The highest BCUT2D eigenvalue weighted by Crippen LogP contribution is 2.19. The summed E-state index contributed by atoms with van der Waals surface area (Å²) in [6.07, 6.45) is 4.52. The molecule has 0 aliphatic carbocycles. The van der Waals surface area contributed by atoms with Gasteiger partial charge < -0.3 is 14.3 Å². The monoisotopic (exact) mass is 369 g/mol. The van der Waals surface area contributed by atoms with Crippen LogP contribution in [-0.4, -0.2) is 33.3 Å². The lowest BCUT2D eigenvalue weighted by atomic mass is 10.2. The quantitative estimate of drug-likeness (QED) is 0.206. The SMILES string of the molecule is C=C(O/N=C/c1ccc(C=O)cc1)c1ccc(OCCCC)cc1.COC. The highest BCUT2D eigenvalue weighted by atomic mass is 16.6. The molecule has 0 aromatic heterocycles. The third-order valence-electron chi connectivity index (χ3n) is 3.38. The molecule has 0 N–H and O–H groups in total. The molecule has 0 unspecified atom stereocenters. The number of oxime groups is 1. The van der Waals surface area contributed by atoms with Gasteiger partial charge in [-0.05, 0) is 36.2 Å². The zero-order valence-electron chi connectivity index (χ0n) is 16.2. The van der Waals surface area contributed by atoms with Gasteiger partial charge in [-0.1, -0.05) is 49.3 Å². The summed E-state index contributed by atoms with van der Waals surface area (Å²) in [6.45, 7) is 6.72. The second-order valence-electron chi connectivity index (χ2n) is 5.67. The fourth-order valence-electron chi connectivity index (χ4n) is 1.94. The summed E-state index contributed by atoms with van der Waals surface area (Å²) in [5, 5.41) is 3.91. The highest BCUT2D eigenvalue weighted by molar-refractivity contribution is 5.82. The zero-order valence-corrected chi connectivity index (χ0v) is 16.2. The molecule has 0 aliphatic heterocycles. The molecule has 2 aromatic rings. The average molecular weight is 369 g/mol. The number of aldehydes is 1. The van der Waals surface area contributed by atoms with Crippen molar-refractivity contribution >= 4 is 18.3 Å². The molecule has 5 nitrogen and oxygen atoms in total. The maximum Gasteiger partial charge on any atom is 0.158 e. The van der Waals surface area contributed by atoms with Gasteiger partial charge in [0.15, 0.2) is 5.76 Å². The van der Waals surface area contributed by atoms with Crippen LogP contribution in [0.2, 0.25) is 0 Å². The Labute approximate surface area is 161 Å². The van der Waals surface area contributed by atoms with Crippen LogP contribution in [-0.2, 0) is 9.57 Å². The fourth-order valence-corrected chi connectivity index (χ4v) is 1.94. The van der Waals surface area contributed by atoms with Crippen LogP contribution in [0.25, 0.3) is 5.76 Å². The van der Waals surface area contributed by atoms with Gasteiger partial charge in [-0.3, -0.25) is 4.79 Å². The Morgan fingerprint density at radius 2 is 1.63 bits per heavy atom. The first kappa shape index (κ1) is 22.1. The van der Waals surface area contributed by atoms with Gasteiger partial charge in [0.2, 0.25) is 0 Å². The number of benzene rings is 2.